The summed E-state index contributed by atoms with van der Waals surface area (Å²) in [5, 5.41) is 12.6. The zero-order valence-corrected chi connectivity index (χ0v) is 12.8. The number of ether oxygens (including phenoxy) is 2. The fraction of sp³-hybridized carbons (Fsp3) is 0.562. The molecule has 0 spiro atoms. The van der Waals surface area contributed by atoms with Gasteiger partial charge >= 0.3 is 0 Å². The largest absolute Gasteiger partial charge is 0.493 e. The molecule has 4 heteroatoms. The van der Waals surface area contributed by atoms with Crippen molar-refractivity contribution in [1.29, 1.82) is 5.26 Å². The molecule has 20 heavy (non-hydrogen) atoms. The maximum atomic E-state index is 9.30. The Labute approximate surface area is 121 Å². The van der Waals surface area contributed by atoms with Crippen LogP contribution >= 0.6 is 0 Å². The van der Waals surface area contributed by atoms with E-state index in [1.165, 1.54) is 0 Å². The van der Waals surface area contributed by atoms with E-state index in [0.717, 1.165) is 18.5 Å². The Balaban J connectivity index is 2.80. The maximum Gasteiger partial charge on any atom is 0.161 e. The molecule has 0 aliphatic rings. The highest BCUT2D eigenvalue weighted by Crippen LogP contribution is 2.30. The van der Waals surface area contributed by atoms with Gasteiger partial charge in [-0.1, -0.05) is 19.9 Å². The Kier molecular flexibility index (Phi) is 6.89. The van der Waals surface area contributed by atoms with Crippen molar-refractivity contribution in [2.24, 2.45) is 5.92 Å². The molecule has 1 rings (SSSR count). The Bertz CT molecular complexity index is 452. The Morgan fingerprint density at radius 2 is 2.05 bits per heavy atom. The third-order valence-electron chi connectivity index (χ3n) is 3.02. The van der Waals surface area contributed by atoms with Gasteiger partial charge in [-0.3, -0.25) is 5.32 Å². The van der Waals surface area contributed by atoms with Crippen molar-refractivity contribution in [2.75, 3.05) is 20.3 Å². The van der Waals surface area contributed by atoms with E-state index in [4.69, 9.17) is 9.47 Å². The highest BCUT2D eigenvalue weighted by molar-refractivity contribution is 5.44. The minimum absolute atomic E-state index is 0.321. The van der Waals surface area contributed by atoms with Gasteiger partial charge in [-0.2, -0.15) is 5.26 Å². The molecule has 1 aromatic rings. The fourth-order valence-electron chi connectivity index (χ4n) is 1.89. The lowest BCUT2D eigenvalue weighted by atomic mass is 10.1. The van der Waals surface area contributed by atoms with Gasteiger partial charge in [0.2, 0.25) is 0 Å². The third-order valence-corrected chi connectivity index (χ3v) is 3.02. The SMILES string of the molecule is CCOc1ccc(C(C#N)NCCC(C)C)cc1OC. The van der Waals surface area contributed by atoms with Crippen LogP contribution in [0, 0.1) is 17.2 Å². The molecule has 0 aliphatic heterocycles. The third kappa shape index (κ3) is 4.75. The number of nitrogens with zero attached hydrogens (tertiary/aromatic N) is 1. The molecule has 1 N–H and O–H groups in total. The van der Waals surface area contributed by atoms with E-state index in [2.05, 4.69) is 25.2 Å². The molecule has 0 fully saturated rings. The molecule has 0 radical (unpaired) electrons. The number of hydrogen-bond donors (Lipinski definition) is 1. The first kappa shape index (κ1) is 16.3. The molecule has 0 bridgehead atoms. The van der Waals surface area contributed by atoms with Crippen LogP contribution in [0.3, 0.4) is 0 Å². The van der Waals surface area contributed by atoms with E-state index in [9.17, 15) is 5.26 Å². The average molecular weight is 276 g/mol. The summed E-state index contributed by atoms with van der Waals surface area (Å²) >= 11 is 0. The molecule has 1 aromatic carbocycles. The summed E-state index contributed by atoms with van der Waals surface area (Å²) in [5.41, 5.74) is 0.900. The number of methoxy groups -OCH3 is 1. The first-order valence-corrected chi connectivity index (χ1v) is 7.06. The first-order valence-electron chi connectivity index (χ1n) is 7.06. The van der Waals surface area contributed by atoms with Crippen molar-refractivity contribution in [3.05, 3.63) is 23.8 Å². The van der Waals surface area contributed by atoms with Crippen molar-refractivity contribution in [2.45, 2.75) is 33.2 Å². The summed E-state index contributed by atoms with van der Waals surface area (Å²) in [7, 11) is 1.61. The highest BCUT2D eigenvalue weighted by atomic mass is 16.5. The number of nitriles is 1. The highest BCUT2D eigenvalue weighted by Gasteiger charge is 2.13. The van der Waals surface area contributed by atoms with E-state index >= 15 is 0 Å². The Hall–Kier alpha value is -1.73. The van der Waals surface area contributed by atoms with Crippen LogP contribution in [-0.2, 0) is 0 Å². The van der Waals surface area contributed by atoms with Crippen LogP contribution in [0.25, 0.3) is 0 Å². The Morgan fingerprint density at radius 3 is 2.60 bits per heavy atom. The van der Waals surface area contributed by atoms with E-state index in [1.54, 1.807) is 7.11 Å². The van der Waals surface area contributed by atoms with Crippen LogP contribution in [0.15, 0.2) is 18.2 Å². The van der Waals surface area contributed by atoms with Crippen LogP contribution in [-0.4, -0.2) is 20.3 Å². The van der Waals surface area contributed by atoms with Gasteiger partial charge < -0.3 is 9.47 Å². The number of benzene rings is 1. The van der Waals surface area contributed by atoms with Crippen molar-refractivity contribution in [3.8, 4) is 17.6 Å². The van der Waals surface area contributed by atoms with Crippen LogP contribution in [0.4, 0.5) is 0 Å². The quantitative estimate of drug-likeness (QED) is 0.791. The Morgan fingerprint density at radius 1 is 1.30 bits per heavy atom. The van der Waals surface area contributed by atoms with Gasteiger partial charge in [-0.05, 0) is 43.5 Å². The van der Waals surface area contributed by atoms with E-state index < -0.39 is 0 Å². The molecule has 0 saturated carbocycles. The van der Waals surface area contributed by atoms with Gasteiger partial charge in [0.15, 0.2) is 11.5 Å². The normalized spacial score (nSPS) is 12.0. The van der Waals surface area contributed by atoms with Gasteiger partial charge in [0, 0.05) is 0 Å². The minimum Gasteiger partial charge on any atom is -0.493 e. The second kappa shape index (κ2) is 8.44. The summed E-state index contributed by atoms with van der Waals surface area (Å²) in [4.78, 5) is 0. The molecular formula is C16H24N2O2. The summed E-state index contributed by atoms with van der Waals surface area (Å²) in [5.74, 6) is 1.99. The fourth-order valence-corrected chi connectivity index (χ4v) is 1.89. The van der Waals surface area contributed by atoms with Crippen molar-refractivity contribution >= 4 is 0 Å². The predicted octanol–water partition coefficient (Wildman–Crippen LogP) is 3.29. The second-order valence-electron chi connectivity index (χ2n) is 5.04. The van der Waals surface area contributed by atoms with Crippen LogP contribution < -0.4 is 14.8 Å². The predicted molar refractivity (Wildman–Crippen MR) is 80.0 cm³/mol. The van der Waals surface area contributed by atoms with Crippen molar-refractivity contribution < 1.29 is 9.47 Å². The second-order valence-corrected chi connectivity index (χ2v) is 5.04. The van der Waals surface area contributed by atoms with Crippen LogP contribution in [0.2, 0.25) is 0 Å². The minimum atomic E-state index is -0.321. The standard InChI is InChI=1S/C16H24N2O2/c1-5-20-15-7-6-13(10-16(15)19-4)14(11-17)18-9-8-12(2)3/h6-7,10,12,14,18H,5,8-9H2,1-4H3. The molecule has 0 heterocycles. The number of hydrogen-bond acceptors (Lipinski definition) is 4. The molecule has 1 unspecified atom stereocenters. The zero-order chi connectivity index (χ0) is 15.0. The average Bonchev–Trinajstić information content (AvgIpc) is 2.44. The van der Waals surface area contributed by atoms with E-state index in [-0.39, 0.29) is 6.04 Å². The maximum absolute atomic E-state index is 9.30. The van der Waals surface area contributed by atoms with Crippen molar-refractivity contribution in [1.82, 2.24) is 5.32 Å². The molecule has 0 saturated heterocycles. The monoisotopic (exact) mass is 276 g/mol. The topological polar surface area (TPSA) is 54.3 Å². The van der Waals surface area contributed by atoms with Crippen molar-refractivity contribution in [3.63, 3.8) is 0 Å². The lowest BCUT2D eigenvalue weighted by molar-refractivity contribution is 0.310. The zero-order valence-electron chi connectivity index (χ0n) is 12.8. The summed E-state index contributed by atoms with van der Waals surface area (Å²) in [6.45, 7) is 7.68. The van der Waals surface area contributed by atoms with Gasteiger partial charge in [-0.25, -0.2) is 0 Å². The van der Waals surface area contributed by atoms with Gasteiger partial charge in [0.25, 0.3) is 0 Å². The summed E-state index contributed by atoms with van der Waals surface area (Å²) in [6.07, 6.45) is 1.05. The summed E-state index contributed by atoms with van der Waals surface area (Å²) in [6, 6.07) is 7.59. The molecule has 0 aromatic heterocycles. The van der Waals surface area contributed by atoms with Crippen LogP contribution in [0.1, 0.15) is 38.8 Å². The first-order chi connectivity index (χ1) is 9.62. The van der Waals surface area contributed by atoms with Crippen LogP contribution in [0.5, 0.6) is 11.5 Å². The molecule has 1 atom stereocenters. The lowest BCUT2D eigenvalue weighted by Gasteiger charge is -2.15. The molecule has 0 amide bonds. The van der Waals surface area contributed by atoms with Gasteiger partial charge in [0.05, 0.1) is 19.8 Å². The van der Waals surface area contributed by atoms with Gasteiger partial charge in [0.1, 0.15) is 6.04 Å². The number of rotatable bonds is 8. The molecular weight excluding hydrogens is 252 g/mol. The smallest absolute Gasteiger partial charge is 0.161 e. The lowest BCUT2D eigenvalue weighted by Crippen LogP contribution is -2.22. The molecule has 110 valence electrons. The van der Waals surface area contributed by atoms with E-state index in [1.807, 2.05) is 25.1 Å². The molecule has 4 nitrogen and oxygen atoms in total. The number of nitrogens with one attached hydrogen (secondary N) is 1. The molecule has 0 aliphatic carbocycles. The summed E-state index contributed by atoms with van der Waals surface area (Å²) < 4.78 is 10.8. The van der Waals surface area contributed by atoms with E-state index in [0.29, 0.717) is 24.0 Å². The van der Waals surface area contributed by atoms with Gasteiger partial charge in [-0.15, -0.1) is 0 Å².